The molecule has 1 aromatic rings. The predicted octanol–water partition coefficient (Wildman–Crippen LogP) is 2.20. The lowest BCUT2D eigenvalue weighted by molar-refractivity contribution is 0.370. The number of ether oxygens (including phenoxy) is 1. The van der Waals surface area contributed by atoms with Gasteiger partial charge >= 0.3 is 0 Å². The van der Waals surface area contributed by atoms with Crippen molar-refractivity contribution in [2.75, 3.05) is 7.11 Å². The highest BCUT2D eigenvalue weighted by atomic mass is 35.5. The second-order valence-electron chi connectivity index (χ2n) is 2.92. The molecule has 1 aromatic carbocycles. The molecule has 1 rings (SSSR count). The molecule has 0 radical (unpaired) electrons. The Bertz CT molecular complexity index is 425. The van der Waals surface area contributed by atoms with Crippen LogP contribution < -0.4 is 4.74 Å². The van der Waals surface area contributed by atoms with Gasteiger partial charge in [-0.3, -0.25) is 0 Å². The van der Waals surface area contributed by atoms with Crippen LogP contribution in [0.25, 0.3) is 0 Å². The van der Waals surface area contributed by atoms with Gasteiger partial charge in [0.2, 0.25) is 6.08 Å². The third-order valence-electron chi connectivity index (χ3n) is 2.11. The van der Waals surface area contributed by atoms with Gasteiger partial charge in [0.15, 0.2) is 11.5 Å². The fraction of sp³-hybridized carbons (Fsp3) is 0.300. The fourth-order valence-electron chi connectivity index (χ4n) is 1.22. The molecule has 15 heavy (non-hydrogen) atoms. The Hall–Kier alpha value is -1.51. The van der Waals surface area contributed by atoms with Crippen LogP contribution in [0.5, 0.6) is 11.5 Å². The average molecular weight is 228 g/mol. The molecule has 0 saturated heterocycles. The van der Waals surface area contributed by atoms with Crippen molar-refractivity contribution >= 4 is 17.7 Å². The van der Waals surface area contributed by atoms with E-state index >= 15 is 0 Å². The number of phenols is 1. The lowest BCUT2D eigenvalue weighted by atomic mass is 10.1. The van der Waals surface area contributed by atoms with Gasteiger partial charge in [0.25, 0.3) is 0 Å². The maximum absolute atomic E-state index is 10.0. The van der Waals surface area contributed by atoms with Crippen LogP contribution in [0.4, 0.5) is 0 Å². The SMILES string of the molecule is COc1cc(Cl)c(C)c(CN=C=O)c1O. The van der Waals surface area contributed by atoms with E-state index in [1.54, 1.807) is 6.92 Å². The molecule has 0 bridgehead atoms. The number of aromatic hydroxyl groups is 1. The first kappa shape index (κ1) is 11.6. The molecule has 0 saturated carbocycles. The molecule has 80 valence electrons. The minimum absolute atomic E-state index is 0.0398. The van der Waals surface area contributed by atoms with Crippen molar-refractivity contribution < 1.29 is 14.6 Å². The lowest BCUT2D eigenvalue weighted by Crippen LogP contribution is -1.93. The number of isocyanates is 1. The number of benzene rings is 1. The van der Waals surface area contributed by atoms with Gasteiger partial charge in [-0.15, -0.1) is 0 Å². The van der Waals surface area contributed by atoms with Crippen LogP contribution in [0.15, 0.2) is 11.1 Å². The third-order valence-corrected chi connectivity index (χ3v) is 2.50. The molecule has 0 unspecified atom stereocenters. The first-order valence-corrected chi connectivity index (χ1v) is 4.58. The van der Waals surface area contributed by atoms with Crippen molar-refractivity contribution in [3.8, 4) is 11.5 Å². The van der Waals surface area contributed by atoms with Crippen LogP contribution >= 0.6 is 11.6 Å². The van der Waals surface area contributed by atoms with Crippen molar-refractivity contribution in [2.45, 2.75) is 13.5 Å². The highest BCUT2D eigenvalue weighted by molar-refractivity contribution is 6.31. The Morgan fingerprint density at radius 2 is 2.33 bits per heavy atom. The number of phenolic OH excluding ortho intramolecular Hbond substituents is 1. The maximum Gasteiger partial charge on any atom is 0.235 e. The van der Waals surface area contributed by atoms with E-state index in [0.717, 1.165) is 0 Å². The summed E-state index contributed by atoms with van der Waals surface area (Å²) in [4.78, 5) is 13.4. The first-order valence-electron chi connectivity index (χ1n) is 4.20. The van der Waals surface area contributed by atoms with Crippen molar-refractivity contribution in [1.29, 1.82) is 0 Å². The summed E-state index contributed by atoms with van der Waals surface area (Å²) in [5.74, 6) is 0.222. The Morgan fingerprint density at radius 1 is 1.67 bits per heavy atom. The van der Waals surface area contributed by atoms with E-state index in [1.165, 1.54) is 19.3 Å². The fourth-order valence-corrected chi connectivity index (χ4v) is 1.44. The van der Waals surface area contributed by atoms with Gasteiger partial charge in [0.05, 0.1) is 13.7 Å². The largest absolute Gasteiger partial charge is 0.504 e. The van der Waals surface area contributed by atoms with Crippen LogP contribution in [-0.4, -0.2) is 18.3 Å². The van der Waals surface area contributed by atoms with Crippen LogP contribution in [0.2, 0.25) is 5.02 Å². The smallest absolute Gasteiger partial charge is 0.235 e. The molecule has 4 nitrogen and oxygen atoms in total. The highest BCUT2D eigenvalue weighted by Crippen LogP contribution is 2.37. The van der Waals surface area contributed by atoms with E-state index in [4.69, 9.17) is 16.3 Å². The Labute approximate surface area is 92.2 Å². The molecule has 0 fully saturated rings. The zero-order chi connectivity index (χ0) is 11.4. The van der Waals surface area contributed by atoms with Gasteiger partial charge < -0.3 is 9.84 Å². The van der Waals surface area contributed by atoms with E-state index in [0.29, 0.717) is 16.1 Å². The van der Waals surface area contributed by atoms with Gasteiger partial charge in [-0.2, -0.15) is 0 Å². The third kappa shape index (κ3) is 2.29. The topological polar surface area (TPSA) is 58.9 Å². The zero-order valence-corrected chi connectivity index (χ0v) is 9.13. The average Bonchev–Trinajstić information content (AvgIpc) is 2.23. The summed E-state index contributed by atoms with van der Waals surface area (Å²) in [6.07, 6.45) is 1.41. The molecule has 5 heteroatoms. The summed E-state index contributed by atoms with van der Waals surface area (Å²) in [6.45, 7) is 1.77. The standard InChI is InChI=1S/C10H10ClNO3/c1-6-7(4-12-5-13)10(14)9(15-2)3-8(6)11/h3,14H,4H2,1-2H3. The molecule has 0 aliphatic rings. The van der Waals surface area contributed by atoms with Gasteiger partial charge in [0.1, 0.15) is 0 Å². The number of nitrogens with zero attached hydrogens (tertiary/aromatic N) is 1. The number of hydrogen-bond donors (Lipinski definition) is 1. The Morgan fingerprint density at radius 3 is 2.87 bits per heavy atom. The number of carbonyl (C=O) groups excluding carboxylic acids is 1. The first-order chi connectivity index (χ1) is 7.11. The van der Waals surface area contributed by atoms with Crippen LogP contribution in [0.1, 0.15) is 11.1 Å². The van der Waals surface area contributed by atoms with Crippen molar-refractivity contribution in [2.24, 2.45) is 4.99 Å². The molecule has 0 aromatic heterocycles. The number of hydrogen-bond acceptors (Lipinski definition) is 4. The van der Waals surface area contributed by atoms with Crippen molar-refractivity contribution in [3.63, 3.8) is 0 Å². The molecule has 1 N–H and O–H groups in total. The highest BCUT2D eigenvalue weighted by Gasteiger charge is 2.13. The zero-order valence-electron chi connectivity index (χ0n) is 8.37. The van der Waals surface area contributed by atoms with Crippen LogP contribution in [0, 0.1) is 6.92 Å². The molecule has 0 aliphatic heterocycles. The molecule has 0 heterocycles. The minimum atomic E-state index is -0.0431. The monoisotopic (exact) mass is 227 g/mol. The number of halogens is 1. The van der Waals surface area contributed by atoms with E-state index in [9.17, 15) is 9.90 Å². The van der Waals surface area contributed by atoms with E-state index in [-0.39, 0.29) is 18.0 Å². The molecule has 0 amide bonds. The van der Waals surface area contributed by atoms with E-state index in [1.807, 2.05) is 0 Å². The summed E-state index contributed by atoms with van der Waals surface area (Å²) in [7, 11) is 1.42. The van der Waals surface area contributed by atoms with Crippen molar-refractivity contribution in [1.82, 2.24) is 0 Å². The quantitative estimate of drug-likeness (QED) is 0.636. The van der Waals surface area contributed by atoms with Gasteiger partial charge in [0, 0.05) is 16.7 Å². The Balaban J connectivity index is 3.32. The summed E-state index contributed by atoms with van der Waals surface area (Å²) < 4.78 is 4.93. The normalized spacial score (nSPS) is 9.53. The van der Waals surface area contributed by atoms with E-state index < -0.39 is 0 Å². The second kappa shape index (κ2) is 4.82. The van der Waals surface area contributed by atoms with Crippen LogP contribution in [-0.2, 0) is 11.3 Å². The molecule has 0 atom stereocenters. The predicted molar refractivity (Wildman–Crippen MR) is 56.2 cm³/mol. The number of rotatable bonds is 3. The molecule has 0 spiro atoms. The molecular formula is C10H10ClNO3. The van der Waals surface area contributed by atoms with Gasteiger partial charge in [-0.25, -0.2) is 9.79 Å². The van der Waals surface area contributed by atoms with Gasteiger partial charge in [-0.05, 0) is 12.5 Å². The Kier molecular flexibility index (Phi) is 3.72. The van der Waals surface area contributed by atoms with Crippen LogP contribution in [0.3, 0.4) is 0 Å². The maximum atomic E-state index is 10.0. The lowest BCUT2D eigenvalue weighted by Gasteiger charge is -2.11. The second-order valence-corrected chi connectivity index (χ2v) is 3.33. The number of methoxy groups -OCH3 is 1. The van der Waals surface area contributed by atoms with E-state index in [2.05, 4.69) is 4.99 Å². The minimum Gasteiger partial charge on any atom is -0.504 e. The molecular weight excluding hydrogens is 218 g/mol. The summed E-state index contributed by atoms with van der Waals surface area (Å²) in [5.41, 5.74) is 1.15. The number of aliphatic imine (C=N–C) groups is 1. The summed E-state index contributed by atoms with van der Waals surface area (Å²) in [5, 5.41) is 10.2. The van der Waals surface area contributed by atoms with Gasteiger partial charge in [-0.1, -0.05) is 11.6 Å². The summed E-state index contributed by atoms with van der Waals surface area (Å²) >= 11 is 5.92. The van der Waals surface area contributed by atoms with Crippen molar-refractivity contribution in [3.05, 3.63) is 22.2 Å². The molecule has 0 aliphatic carbocycles. The summed E-state index contributed by atoms with van der Waals surface area (Å²) in [6, 6.07) is 1.51.